The Bertz CT molecular complexity index is 1640. The largest absolute Gasteiger partial charge is 0.493 e. The Balaban J connectivity index is 1.76. The van der Waals surface area contributed by atoms with E-state index in [4.69, 9.17) is 14.2 Å². The van der Waals surface area contributed by atoms with Crippen LogP contribution in [0.25, 0.3) is 11.1 Å². The molecular weight excluding hydrogens is 645 g/mol. The van der Waals surface area contributed by atoms with E-state index in [1.165, 1.54) is 24.4 Å². The van der Waals surface area contributed by atoms with Gasteiger partial charge in [0.1, 0.15) is 6.04 Å². The first-order chi connectivity index (χ1) is 22.4. The molecule has 12 nitrogen and oxygen atoms in total. The number of rotatable bonds is 12. The van der Waals surface area contributed by atoms with E-state index < -0.39 is 27.4 Å². The predicted octanol–water partition coefficient (Wildman–Crippen LogP) is 3.28. The van der Waals surface area contributed by atoms with Crippen molar-refractivity contribution in [2.75, 3.05) is 64.8 Å². The lowest BCUT2D eigenvalue weighted by Gasteiger charge is -2.36. The summed E-state index contributed by atoms with van der Waals surface area (Å²) in [4.78, 5) is 41.7. The summed E-state index contributed by atoms with van der Waals surface area (Å²) in [6, 6.07) is 5.74. The third kappa shape index (κ3) is 7.81. The molecule has 4 rings (SSSR count). The van der Waals surface area contributed by atoms with Crippen molar-refractivity contribution in [1.82, 2.24) is 14.5 Å². The molecule has 0 saturated carbocycles. The van der Waals surface area contributed by atoms with Gasteiger partial charge in [-0.1, -0.05) is 6.07 Å². The van der Waals surface area contributed by atoms with E-state index in [1.807, 2.05) is 18.4 Å². The molecule has 0 radical (unpaired) electrons. The molecule has 1 aliphatic heterocycles. The standard InChI is InChI=1S/C33H46N4O8S2/c1-20(2)47(41,42)37-15-13-36(14-16-37)33(40)27(12-17-46-7)35-26-11-9-23-24(19-28(26)39)25(34-21(3)38)10-8-22-18-29(43-4)31(44-5)32(45-6)30(22)23/h9,11,18-20,25,27H,8,10,12-17H2,1-7H3,(H,34,38)(H,35,39)/t25-,27-/m0/s1. The highest BCUT2D eigenvalue weighted by atomic mass is 32.2. The van der Waals surface area contributed by atoms with E-state index in [-0.39, 0.29) is 49.1 Å². The first-order valence-electron chi connectivity index (χ1n) is 15.7. The monoisotopic (exact) mass is 690 g/mol. The van der Waals surface area contributed by atoms with Gasteiger partial charge in [-0.3, -0.25) is 14.4 Å². The molecule has 0 unspecified atom stereocenters. The van der Waals surface area contributed by atoms with Crippen molar-refractivity contribution in [1.29, 1.82) is 0 Å². The van der Waals surface area contributed by atoms with Gasteiger partial charge in [0.15, 0.2) is 11.5 Å². The Morgan fingerprint density at radius 3 is 2.28 bits per heavy atom. The second kappa shape index (κ2) is 15.6. The molecule has 0 bridgehead atoms. The predicted molar refractivity (Wildman–Crippen MR) is 185 cm³/mol. The Morgan fingerprint density at radius 1 is 1.02 bits per heavy atom. The number of aryl methyl sites for hydroxylation is 1. The summed E-state index contributed by atoms with van der Waals surface area (Å²) in [5, 5.41) is 5.70. The molecule has 2 amide bonds. The highest BCUT2D eigenvalue weighted by molar-refractivity contribution is 7.98. The van der Waals surface area contributed by atoms with Crippen molar-refractivity contribution in [3.8, 4) is 28.4 Å². The number of sulfonamides is 1. The molecule has 2 aromatic rings. The molecule has 2 N–H and O–H groups in total. The smallest absolute Gasteiger partial charge is 0.245 e. The molecule has 0 spiro atoms. The van der Waals surface area contributed by atoms with Gasteiger partial charge in [-0.2, -0.15) is 16.1 Å². The Hall–Kier alpha value is -3.49. The maximum atomic E-state index is 13.9. The zero-order chi connectivity index (χ0) is 34.5. The van der Waals surface area contributed by atoms with Crippen LogP contribution in [0.5, 0.6) is 17.2 Å². The van der Waals surface area contributed by atoms with E-state index in [1.54, 1.807) is 50.8 Å². The Morgan fingerprint density at radius 2 is 1.70 bits per heavy atom. The molecule has 14 heteroatoms. The van der Waals surface area contributed by atoms with Crippen molar-refractivity contribution in [3.05, 3.63) is 45.6 Å². The molecule has 1 fully saturated rings. The van der Waals surface area contributed by atoms with Crippen LogP contribution in [0, 0.1) is 0 Å². The first kappa shape index (κ1) is 36.3. The number of carbonyl (C=O) groups is 2. The first-order valence-corrected chi connectivity index (χ1v) is 18.6. The average molecular weight is 691 g/mol. The minimum absolute atomic E-state index is 0.187. The highest BCUT2D eigenvalue weighted by Crippen LogP contribution is 2.50. The van der Waals surface area contributed by atoms with Gasteiger partial charge in [0.25, 0.3) is 0 Å². The van der Waals surface area contributed by atoms with Crippen LogP contribution in [-0.2, 0) is 26.0 Å². The number of nitrogens with one attached hydrogen (secondary N) is 2. The Labute approximate surface area is 281 Å². The van der Waals surface area contributed by atoms with Gasteiger partial charge in [-0.25, -0.2) is 8.42 Å². The number of benzene rings is 1. The van der Waals surface area contributed by atoms with Gasteiger partial charge >= 0.3 is 0 Å². The second-order valence-corrected chi connectivity index (χ2v) is 15.4. The lowest BCUT2D eigenvalue weighted by Crippen LogP contribution is -2.55. The van der Waals surface area contributed by atoms with Crippen LogP contribution < -0.4 is 30.3 Å². The van der Waals surface area contributed by atoms with Crippen molar-refractivity contribution >= 4 is 39.3 Å². The van der Waals surface area contributed by atoms with Crippen LogP contribution in [0.4, 0.5) is 5.69 Å². The molecule has 1 saturated heterocycles. The van der Waals surface area contributed by atoms with Crippen molar-refractivity contribution in [2.24, 2.45) is 0 Å². The van der Waals surface area contributed by atoms with Gasteiger partial charge in [-0.15, -0.1) is 0 Å². The van der Waals surface area contributed by atoms with Gasteiger partial charge in [0.2, 0.25) is 33.0 Å². The summed E-state index contributed by atoms with van der Waals surface area (Å²) in [5.74, 6) is 1.63. The van der Waals surface area contributed by atoms with E-state index in [0.717, 1.165) is 11.1 Å². The van der Waals surface area contributed by atoms with E-state index in [9.17, 15) is 22.8 Å². The summed E-state index contributed by atoms with van der Waals surface area (Å²) in [7, 11) is 1.21. The number of ether oxygens (including phenoxy) is 3. The number of carbonyl (C=O) groups excluding carboxylic acids is 2. The topological polar surface area (TPSA) is 144 Å². The second-order valence-electron chi connectivity index (χ2n) is 11.9. The number of nitrogens with zero attached hydrogens (tertiary/aromatic N) is 2. The van der Waals surface area contributed by atoms with Gasteiger partial charge in [0, 0.05) is 38.7 Å². The minimum Gasteiger partial charge on any atom is -0.493 e. The van der Waals surface area contributed by atoms with Crippen molar-refractivity contribution in [2.45, 2.75) is 57.4 Å². The summed E-state index contributed by atoms with van der Waals surface area (Å²) in [6.07, 6.45) is 3.51. The third-order valence-corrected chi connectivity index (χ3v) is 11.6. The summed E-state index contributed by atoms with van der Waals surface area (Å²) >= 11 is 1.59. The Kier molecular flexibility index (Phi) is 12.1. The number of thioether (sulfide) groups is 1. The zero-order valence-electron chi connectivity index (χ0n) is 28.2. The fourth-order valence-corrected chi connectivity index (χ4v) is 7.93. The van der Waals surface area contributed by atoms with Crippen LogP contribution in [0.1, 0.15) is 50.8 Å². The summed E-state index contributed by atoms with van der Waals surface area (Å²) < 4.78 is 43.9. The van der Waals surface area contributed by atoms with Crippen LogP contribution in [0.15, 0.2) is 29.1 Å². The van der Waals surface area contributed by atoms with Crippen molar-refractivity contribution < 1.29 is 32.2 Å². The third-order valence-electron chi connectivity index (χ3n) is 8.66. The van der Waals surface area contributed by atoms with Gasteiger partial charge in [0.05, 0.1) is 38.3 Å². The van der Waals surface area contributed by atoms with Crippen LogP contribution in [-0.4, -0.2) is 100 Å². The number of hydrogen-bond donors (Lipinski definition) is 2. The summed E-state index contributed by atoms with van der Waals surface area (Å²) in [6.45, 7) is 5.72. The normalized spacial score (nSPS) is 17.2. The molecule has 47 heavy (non-hydrogen) atoms. The number of amides is 2. The van der Waals surface area contributed by atoms with E-state index >= 15 is 0 Å². The van der Waals surface area contributed by atoms with Crippen molar-refractivity contribution in [3.63, 3.8) is 0 Å². The van der Waals surface area contributed by atoms with Crippen LogP contribution in [0.3, 0.4) is 0 Å². The minimum atomic E-state index is -3.42. The quantitative estimate of drug-likeness (QED) is 0.341. The number of hydrogen-bond acceptors (Lipinski definition) is 10. The number of piperazine rings is 1. The van der Waals surface area contributed by atoms with E-state index in [0.29, 0.717) is 53.4 Å². The number of anilines is 1. The number of methoxy groups -OCH3 is 3. The number of fused-ring (bicyclic) bond motifs is 3. The van der Waals surface area contributed by atoms with Crippen LogP contribution in [0.2, 0.25) is 0 Å². The van der Waals surface area contributed by atoms with E-state index in [2.05, 4.69) is 10.6 Å². The summed E-state index contributed by atoms with van der Waals surface area (Å²) in [5.41, 5.74) is 2.86. The maximum absolute atomic E-state index is 13.9. The zero-order valence-corrected chi connectivity index (χ0v) is 29.8. The van der Waals surface area contributed by atoms with Crippen LogP contribution >= 0.6 is 11.8 Å². The molecule has 2 atom stereocenters. The molecule has 1 heterocycles. The fraction of sp³-hybridized carbons (Fsp3) is 0.545. The lowest BCUT2D eigenvalue weighted by molar-refractivity contribution is -0.133. The fourth-order valence-electron chi connectivity index (χ4n) is 6.19. The molecule has 2 aromatic carbocycles. The van der Waals surface area contributed by atoms with Gasteiger partial charge < -0.3 is 29.7 Å². The molecular formula is C33H46N4O8S2. The maximum Gasteiger partial charge on any atom is 0.245 e. The molecule has 0 aromatic heterocycles. The van der Waals surface area contributed by atoms with Gasteiger partial charge in [-0.05, 0) is 80.0 Å². The average Bonchev–Trinajstić information content (AvgIpc) is 3.29. The molecule has 258 valence electrons. The molecule has 2 aliphatic rings. The molecule has 1 aliphatic carbocycles. The SMILES string of the molecule is COc1cc2c(c(OC)c1OC)-c1ccc(N[C@@H](CCSC)C(=O)N3CCN(S(=O)(=O)C(C)C)CC3)c(=O)cc1[C@@H](NC(C)=O)CC2. The highest BCUT2D eigenvalue weighted by Gasteiger charge is 2.34. The lowest BCUT2D eigenvalue weighted by atomic mass is 9.95.